The molecule has 3 nitrogen and oxygen atoms in total. The summed E-state index contributed by atoms with van der Waals surface area (Å²) in [6.07, 6.45) is 4.26. The molecule has 1 aliphatic heterocycles. The van der Waals surface area contributed by atoms with Crippen molar-refractivity contribution in [3.63, 3.8) is 0 Å². The van der Waals surface area contributed by atoms with Gasteiger partial charge in [-0.25, -0.2) is 0 Å². The van der Waals surface area contributed by atoms with Gasteiger partial charge in [-0.3, -0.25) is 4.90 Å². The zero-order valence-corrected chi connectivity index (χ0v) is 11.3. The highest BCUT2D eigenvalue weighted by Crippen LogP contribution is 2.16. The van der Waals surface area contributed by atoms with Crippen LogP contribution in [-0.4, -0.2) is 50.8 Å². The van der Waals surface area contributed by atoms with E-state index in [4.69, 9.17) is 4.74 Å². The molecule has 1 fully saturated rings. The van der Waals surface area contributed by atoms with E-state index in [1.165, 1.54) is 19.3 Å². The van der Waals surface area contributed by atoms with Gasteiger partial charge in [-0.05, 0) is 39.3 Å². The fourth-order valence-electron chi connectivity index (χ4n) is 2.52. The third-order valence-electron chi connectivity index (χ3n) is 3.51. The van der Waals surface area contributed by atoms with Crippen LogP contribution < -0.4 is 5.32 Å². The molecule has 0 amide bonds. The normalized spacial score (nSPS) is 24.0. The quantitative estimate of drug-likeness (QED) is 0.749. The Morgan fingerprint density at radius 3 is 2.62 bits per heavy atom. The largest absolute Gasteiger partial charge is 0.377 e. The van der Waals surface area contributed by atoms with Crippen LogP contribution in [0.3, 0.4) is 0 Å². The van der Waals surface area contributed by atoms with Crippen LogP contribution in [0.25, 0.3) is 0 Å². The minimum atomic E-state index is 0.455. The van der Waals surface area contributed by atoms with Crippen molar-refractivity contribution in [3.05, 3.63) is 0 Å². The molecule has 0 radical (unpaired) electrons. The number of likely N-dealkylation sites (N-methyl/N-ethyl adjacent to an activating group) is 2. The molecule has 1 rings (SSSR count). The Balaban J connectivity index is 2.37. The van der Waals surface area contributed by atoms with Crippen molar-refractivity contribution in [2.45, 2.75) is 45.3 Å². The van der Waals surface area contributed by atoms with Gasteiger partial charge >= 0.3 is 0 Å². The zero-order valence-electron chi connectivity index (χ0n) is 11.3. The molecule has 1 N–H and O–H groups in total. The van der Waals surface area contributed by atoms with Crippen molar-refractivity contribution in [1.82, 2.24) is 10.2 Å². The highest BCUT2D eigenvalue weighted by Gasteiger charge is 2.22. The maximum Gasteiger partial charge on any atom is 0.0702 e. The van der Waals surface area contributed by atoms with Gasteiger partial charge in [-0.1, -0.05) is 13.8 Å². The van der Waals surface area contributed by atoms with E-state index in [0.717, 1.165) is 19.7 Å². The number of hydrogen-bond acceptors (Lipinski definition) is 3. The monoisotopic (exact) mass is 228 g/mol. The van der Waals surface area contributed by atoms with E-state index in [9.17, 15) is 0 Å². The van der Waals surface area contributed by atoms with E-state index in [1.54, 1.807) is 0 Å². The van der Waals surface area contributed by atoms with Crippen LogP contribution in [0, 0.1) is 5.92 Å². The number of ether oxygens (including phenoxy) is 1. The standard InChI is InChI=1S/C13H28N2O/c1-11(2)13(9-14-3)15(4)10-12-7-5-6-8-16-12/h11-14H,5-10H2,1-4H3. The van der Waals surface area contributed by atoms with Crippen molar-refractivity contribution >= 4 is 0 Å². The molecule has 0 spiro atoms. The summed E-state index contributed by atoms with van der Waals surface area (Å²) < 4.78 is 5.79. The molecule has 0 aliphatic carbocycles. The Hall–Kier alpha value is -0.120. The molecule has 1 saturated heterocycles. The first-order chi connectivity index (χ1) is 7.65. The summed E-state index contributed by atoms with van der Waals surface area (Å²) in [6, 6.07) is 0.607. The molecule has 0 bridgehead atoms. The molecule has 0 aromatic rings. The lowest BCUT2D eigenvalue weighted by Crippen LogP contribution is -2.46. The summed E-state index contributed by atoms with van der Waals surface area (Å²) in [4.78, 5) is 2.46. The van der Waals surface area contributed by atoms with Crippen LogP contribution in [0.2, 0.25) is 0 Å². The molecule has 2 atom stereocenters. The van der Waals surface area contributed by atoms with Gasteiger partial charge in [0.2, 0.25) is 0 Å². The summed E-state index contributed by atoms with van der Waals surface area (Å²) >= 11 is 0. The maximum absolute atomic E-state index is 5.79. The summed E-state index contributed by atoms with van der Waals surface area (Å²) in [5, 5.41) is 3.28. The van der Waals surface area contributed by atoms with Gasteiger partial charge in [0.25, 0.3) is 0 Å². The van der Waals surface area contributed by atoms with Gasteiger partial charge < -0.3 is 10.1 Å². The molecular weight excluding hydrogens is 200 g/mol. The second kappa shape index (κ2) is 7.25. The topological polar surface area (TPSA) is 24.5 Å². The fraction of sp³-hybridized carbons (Fsp3) is 1.00. The Kier molecular flexibility index (Phi) is 6.32. The van der Waals surface area contributed by atoms with Crippen LogP contribution in [0.15, 0.2) is 0 Å². The SMILES string of the molecule is CNCC(C(C)C)N(C)CC1CCCCO1. The van der Waals surface area contributed by atoms with Crippen molar-refractivity contribution < 1.29 is 4.74 Å². The van der Waals surface area contributed by atoms with Crippen LogP contribution in [0.5, 0.6) is 0 Å². The highest BCUT2D eigenvalue weighted by molar-refractivity contribution is 4.77. The van der Waals surface area contributed by atoms with Crippen LogP contribution >= 0.6 is 0 Å². The summed E-state index contributed by atoms with van der Waals surface area (Å²) in [5.74, 6) is 0.682. The maximum atomic E-state index is 5.79. The lowest BCUT2D eigenvalue weighted by Gasteiger charge is -2.35. The van der Waals surface area contributed by atoms with Crippen LogP contribution in [-0.2, 0) is 4.74 Å². The van der Waals surface area contributed by atoms with Crippen molar-refractivity contribution in [3.8, 4) is 0 Å². The number of nitrogens with one attached hydrogen (secondary N) is 1. The van der Waals surface area contributed by atoms with E-state index >= 15 is 0 Å². The van der Waals surface area contributed by atoms with Gasteiger partial charge in [0.1, 0.15) is 0 Å². The average molecular weight is 228 g/mol. The zero-order chi connectivity index (χ0) is 12.0. The number of rotatable bonds is 6. The van der Waals surface area contributed by atoms with Gasteiger partial charge in [0.15, 0.2) is 0 Å². The molecule has 0 saturated carbocycles. The van der Waals surface area contributed by atoms with E-state index in [-0.39, 0.29) is 0 Å². The van der Waals surface area contributed by atoms with Gasteiger partial charge in [-0.2, -0.15) is 0 Å². The Labute approximate surface area is 101 Å². The van der Waals surface area contributed by atoms with Gasteiger partial charge in [0, 0.05) is 25.7 Å². The first-order valence-corrected chi connectivity index (χ1v) is 6.61. The number of hydrogen-bond donors (Lipinski definition) is 1. The summed E-state index contributed by atoms with van der Waals surface area (Å²) in [5.41, 5.74) is 0. The predicted molar refractivity (Wildman–Crippen MR) is 68.8 cm³/mol. The minimum Gasteiger partial charge on any atom is -0.377 e. The Morgan fingerprint density at radius 1 is 1.38 bits per heavy atom. The first-order valence-electron chi connectivity index (χ1n) is 6.61. The van der Waals surface area contributed by atoms with Crippen LogP contribution in [0.1, 0.15) is 33.1 Å². The lowest BCUT2D eigenvalue weighted by atomic mass is 10.0. The molecule has 1 heterocycles. The Bertz CT molecular complexity index is 179. The summed E-state index contributed by atoms with van der Waals surface area (Å²) in [7, 11) is 4.25. The van der Waals surface area contributed by atoms with E-state index < -0.39 is 0 Å². The van der Waals surface area contributed by atoms with Gasteiger partial charge in [-0.15, -0.1) is 0 Å². The second-order valence-corrected chi connectivity index (χ2v) is 5.30. The van der Waals surface area contributed by atoms with E-state index in [0.29, 0.717) is 18.1 Å². The predicted octanol–water partition coefficient (Wildman–Crippen LogP) is 1.73. The molecular formula is C13H28N2O. The Morgan fingerprint density at radius 2 is 2.12 bits per heavy atom. The smallest absolute Gasteiger partial charge is 0.0702 e. The summed E-state index contributed by atoms with van der Waals surface area (Å²) in [6.45, 7) is 7.67. The van der Waals surface area contributed by atoms with E-state index in [2.05, 4.69) is 31.1 Å². The molecule has 2 unspecified atom stereocenters. The average Bonchev–Trinajstić information content (AvgIpc) is 2.26. The number of nitrogens with zero attached hydrogens (tertiary/aromatic N) is 1. The third-order valence-corrected chi connectivity index (χ3v) is 3.51. The molecule has 0 aromatic heterocycles. The minimum absolute atomic E-state index is 0.455. The first kappa shape index (κ1) is 13.9. The van der Waals surface area contributed by atoms with Crippen molar-refractivity contribution in [2.24, 2.45) is 5.92 Å². The molecule has 0 aromatic carbocycles. The lowest BCUT2D eigenvalue weighted by molar-refractivity contribution is -0.0114. The van der Waals surface area contributed by atoms with Crippen LogP contribution in [0.4, 0.5) is 0 Å². The third kappa shape index (κ3) is 4.40. The molecule has 16 heavy (non-hydrogen) atoms. The van der Waals surface area contributed by atoms with Crippen molar-refractivity contribution in [2.75, 3.05) is 33.8 Å². The molecule has 96 valence electrons. The molecule has 3 heteroatoms. The van der Waals surface area contributed by atoms with Gasteiger partial charge in [0.05, 0.1) is 6.10 Å². The molecule has 1 aliphatic rings. The highest BCUT2D eigenvalue weighted by atomic mass is 16.5. The second-order valence-electron chi connectivity index (χ2n) is 5.30. The van der Waals surface area contributed by atoms with E-state index in [1.807, 2.05) is 7.05 Å². The van der Waals surface area contributed by atoms with Crippen molar-refractivity contribution in [1.29, 1.82) is 0 Å². The fourth-order valence-corrected chi connectivity index (χ4v) is 2.52.